The zero-order chi connectivity index (χ0) is 21.3. The second-order valence-corrected chi connectivity index (χ2v) is 9.57. The molecule has 1 aliphatic heterocycles. The van der Waals surface area contributed by atoms with Gasteiger partial charge in [-0.1, -0.05) is 65.7 Å². The predicted octanol–water partition coefficient (Wildman–Crippen LogP) is 4.84. The van der Waals surface area contributed by atoms with Crippen LogP contribution in [0.25, 0.3) is 0 Å². The van der Waals surface area contributed by atoms with E-state index in [4.69, 9.17) is 23.2 Å². The molecule has 30 heavy (non-hydrogen) atoms. The summed E-state index contributed by atoms with van der Waals surface area (Å²) in [6.45, 7) is 0.392. The average Bonchev–Trinajstić information content (AvgIpc) is 3.20. The van der Waals surface area contributed by atoms with Crippen molar-refractivity contribution in [3.05, 3.63) is 100 Å². The van der Waals surface area contributed by atoms with Crippen molar-refractivity contribution in [3.63, 3.8) is 0 Å². The number of nitrogens with zero attached hydrogens (tertiary/aromatic N) is 2. The number of benzene rings is 3. The first-order valence-corrected chi connectivity index (χ1v) is 11.5. The van der Waals surface area contributed by atoms with Gasteiger partial charge in [0, 0.05) is 34.3 Å². The van der Waals surface area contributed by atoms with Crippen molar-refractivity contribution >= 4 is 39.1 Å². The summed E-state index contributed by atoms with van der Waals surface area (Å²) in [5.41, 5.74) is 0.980. The van der Waals surface area contributed by atoms with Gasteiger partial charge in [-0.3, -0.25) is 4.79 Å². The highest BCUT2D eigenvalue weighted by molar-refractivity contribution is 7.89. The summed E-state index contributed by atoms with van der Waals surface area (Å²) in [6.07, 6.45) is -0.882. The van der Waals surface area contributed by atoms with Crippen LogP contribution in [0.15, 0.2) is 83.8 Å². The Bertz CT molecular complexity index is 1170. The van der Waals surface area contributed by atoms with Crippen LogP contribution in [0.1, 0.15) is 22.1 Å². The van der Waals surface area contributed by atoms with Crippen molar-refractivity contribution in [3.8, 4) is 0 Å². The third-order valence-electron chi connectivity index (χ3n) is 5.00. The summed E-state index contributed by atoms with van der Waals surface area (Å²) < 4.78 is 28.2. The van der Waals surface area contributed by atoms with Crippen molar-refractivity contribution in [1.29, 1.82) is 0 Å². The molecule has 3 aromatic carbocycles. The predicted molar refractivity (Wildman–Crippen MR) is 117 cm³/mol. The van der Waals surface area contributed by atoms with Crippen molar-refractivity contribution < 1.29 is 13.2 Å². The van der Waals surface area contributed by atoms with E-state index in [9.17, 15) is 13.2 Å². The third-order valence-corrected chi connectivity index (χ3v) is 7.43. The maximum Gasteiger partial charge on any atom is 0.255 e. The summed E-state index contributed by atoms with van der Waals surface area (Å²) in [6, 6.07) is 21.8. The van der Waals surface area contributed by atoms with E-state index >= 15 is 0 Å². The largest absolute Gasteiger partial charge is 0.316 e. The summed E-state index contributed by atoms with van der Waals surface area (Å²) in [7, 11) is -3.86. The van der Waals surface area contributed by atoms with Crippen molar-refractivity contribution in [2.75, 3.05) is 13.1 Å². The molecule has 0 saturated carbocycles. The molecular weight excluding hydrogens is 443 g/mol. The van der Waals surface area contributed by atoms with E-state index in [1.165, 1.54) is 21.3 Å². The SMILES string of the molecule is O=C(c1ccccc1)N1CCN(S(=O)(=O)c2ccccc2)C1c1ccc(Cl)cc1Cl. The lowest BCUT2D eigenvalue weighted by molar-refractivity contribution is 0.0693. The number of hydrogen-bond donors (Lipinski definition) is 0. The molecule has 1 fully saturated rings. The molecule has 0 radical (unpaired) electrons. The van der Waals surface area contributed by atoms with Crippen LogP contribution in [0.5, 0.6) is 0 Å². The van der Waals surface area contributed by atoms with Gasteiger partial charge in [-0.15, -0.1) is 0 Å². The minimum absolute atomic E-state index is 0.152. The fourth-order valence-corrected chi connectivity index (χ4v) is 5.67. The van der Waals surface area contributed by atoms with Gasteiger partial charge in [0.25, 0.3) is 5.91 Å². The number of amides is 1. The minimum atomic E-state index is -3.86. The smallest absolute Gasteiger partial charge is 0.255 e. The molecule has 0 bridgehead atoms. The van der Waals surface area contributed by atoms with Gasteiger partial charge in [0.1, 0.15) is 6.17 Å². The Kier molecular flexibility index (Phi) is 5.84. The van der Waals surface area contributed by atoms with Crippen molar-refractivity contribution in [2.45, 2.75) is 11.1 Å². The molecule has 1 atom stereocenters. The van der Waals surface area contributed by atoms with Crippen LogP contribution >= 0.6 is 23.2 Å². The molecule has 154 valence electrons. The molecule has 1 aliphatic rings. The fraction of sp³-hybridized carbons (Fsp3) is 0.136. The number of rotatable bonds is 4. The van der Waals surface area contributed by atoms with Gasteiger partial charge in [0.2, 0.25) is 10.0 Å². The molecule has 1 saturated heterocycles. The Morgan fingerprint density at radius 3 is 2.13 bits per heavy atom. The van der Waals surface area contributed by atoms with Gasteiger partial charge in [-0.25, -0.2) is 8.42 Å². The van der Waals surface area contributed by atoms with Crippen LogP contribution in [-0.4, -0.2) is 36.6 Å². The number of halogens is 2. The first-order chi connectivity index (χ1) is 14.4. The van der Waals surface area contributed by atoms with Crippen LogP contribution in [0.2, 0.25) is 10.0 Å². The molecule has 0 aliphatic carbocycles. The Hall–Kier alpha value is -2.38. The molecule has 0 aromatic heterocycles. The number of hydrogen-bond acceptors (Lipinski definition) is 3. The first kappa shape index (κ1) is 20.9. The summed E-state index contributed by atoms with van der Waals surface area (Å²) in [4.78, 5) is 14.9. The number of sulfonamides is 1. The zero-order valence-electron chi connectivity index (χ0n) is 15.8. The molecule has 5 nitrogen and oxygen atoms in total. The van der Waals surface area contributed by atoms with Gasteiger partial charge in [-0.05, 0) is 36.4 Å². The summed E-state index contributed by atoms with van der Waals surface area (Å²) in [5.74, 6) is -0.266. The van der Waals surface area contributed by atoms with Crippen molar-refractivity contribution in [2.24, 2.45) is 0 Å². The lowest BCUT2D eigenvalue weighted by atomic mass is 10.1. The Morgan fingerprint density at radius 2 is 1.50 bits per heavy atom. The van der Waals surface area contributed by atoms with E-state index in [1.807, 2.05) is 6.07 Å². The lowest BCUT2D eigenvalue weighted by Gasteiger charge is -2.31. The Balaban J connectivity index is 1.82. The van der Waals surface area contributed by atoms with Gasteiger partial charge in [-0.2, -0.15) is 4.31 Å². The number of carbonyl (C=O) groups excluding carboxylic acids is 1. The molecule has 1 unspecified atom stereocenters. The maximum absolute atomic E-state index is 13.4. The van der Waals surface area contributed by atoms with Gasteiger partial charge in [0.05, 0.1) is 4.90 Å². The standard InChI is InChI=1S/C22H18Cl2N2O3S/c23-17-11-12-19(20(24)15-17)21-25(22(27)16-7-3-1-4-8-16)13-14-26(21)30(28,29)18-9-5-2-6-10-18/h1-12,15,21H,13-14H2. The van der Waals surface area contributed by atoms with Crippen LogP contribution < -0.4 is 0 Å². The highest BCUT2D eigenvalue weighted by Crippen LogP contribution is 2.39. The van der Waals surface area contributed by atoms with E-state index in [1.54, 1.807) is 60.7 Å². The molecule has 1 amide bonds. The van der Waals surface area contributed by atoms with Crippen LogP contribution in [-0.2, 0) is 10.0 Å². The molecule has 1 heterocycles. The van der Waals surface area contributed by atoms with Gasteiger partial charge >= 0.3 is 0 Å². The zero-order valence-corrected chi connectivity index (χ0v) is 18.1. The molecule has 0 N–H and O–H groups in total. The Labute approximate surface area is 185 Å². The van der Waals surface area contributed by atoms with E-state index in [0.717, 1.165) is 0 Å². The molecular formula is C22H18Cl2N2O3S. The lowest BCUT2D eigenvalue weighted by Crippen LogP contribution is -2.38. The first-order valence-electron chi connectivity index (χ1n) is 9.27. The summed E-state index contributed by atoms with van der Waals surface area (Å²) >= 11 is 12.5. The monoisotopic (exact) mass is 460 g/mol. The van der Waals surface area contributed by atoms with Crippen LogP contribution in [0, 0.1) is 0 Å². The second-order valence-electron chi connectivity index (χ2n) is 6.83. The topological polar surface area (TPSA) is 57.7 Å². The van der Waals surface area contributed by atoms with Gasteiger partial charge in [0.15, 0.2) is 0 Å². The summed E-state index contributed by atoms with van der Waals surface area (Å²) in [5, 5.41) is 0.730. The van der Waals surface area contributed by atoms with E-state index in [0.29, 0.717) is 21.2 Å². The number of carbonyl (C=O) groups is 1. The quantitative estimate of drug-likeness (QED) is 0.559. The molecule has 4 rings (SSSR count). The average molecular weight is 461 g/mol. The second kappa shape index (κ2) is 8.40. The van der Waals surface area contributed by atoms with Gasteiger partial charge < -0.3 is 4.90 Å². The highest BCUT2D eigenvalue weighted by atomic mass is 35.5. The fourth-order valence-electron chi connectivity index (χ4n) is 3.58. The Morgan fingerprint density at radius 1 is 0.867 bits per heavy atom. The molecule has 0 spiro atoms. The van der Waals surface area contributed by atoms with Crippen molar-refractivity contribution in [1.82, 2.24) is 9.21 Å². The van der Waals surface area contributed by atoms with E-state index < -0.39 is 16.2 Å². The molecule has 8 heteroatoms. The normalized spacial score (nSPS) is 17.3. The third kappa shape index (κ3) is 3.84. The molecule has 3 aromatic rings. The van der Waals surface area contributed by atoms with E-state index in [2.05, 4.69) is 0 Å². The van der Waals surface area contributed by atoms with E-state index in [-0.39, 0.29) is 23.9 Å². The minimum Gasteiger partial charge on any atom is -0.316 e. The van der Waals surface area contributed by atoms with Crippen LogP contribution in [0.3, 0.4) is 0 Å². The maximum atomic E-state index is 13.4. The highest BCUT2D eigenvalue weighted by Gasteiger charge is 2.44. The van der Waals surface area contributed by atoms with Crippen LogP contribution in [0.4, 0.5) is 0 Å².